The third-order valence-electron chi connectivity index (χ3n) is 4.35. The maximum Gasteiger partial charge on any atom is 0.225 e. The smallest absolute Gasteiger partial charge is 0.225 e. The Hall–Kier alpha value is -1.35. The average molecular weight is 288 g/mol. The second-order valence-electron chi connectivity index (χ2n) is 6.29. The van der Waals surface area contributed by atoms with Crippen LogP contribution < -0.4 is 5.32 Å². The first kappa shape index (κ1) is 16.0. The molecular formula is C18H28N2O. The second kappa shape index (κ2) is 7.60. The third kappa shape index (κ3) is 4.31. The van der Waals surface area contributed by atoms with Crippen LogP contribution in [0, 0.1) is 5.92 Å². The molecule has 1 aromatic carbocycles. The lowest BCUT2D eigenvalue weighted by Crippen LogP contribution is -2.46. The van der Waals surface area contributed by atoms with Crippen molar-refractivity contribution in [2.24, 2.45) is 5.92 Å². The molecule has 0 radical (unpaired) electrons. The average Bonchev–Trinajstić information content (AvgIpc) is 2.53. The predicted molar refractivity (Wildman–Crippen MR) is 87.0 cm³/mol. The van der Waals surface area contributed by atoms with E-state index in [1.807, 2.05) is 18.7 Å². The first-order valence-corrected chi connectivity index (χ1v) is 8.21. The number of nitrogens with one attached hydrogen (secondary N) is 1. The summed E-state index contributed by atoms with van der Waals surface area (Å²) in [5.74, 6) is 0.408. The molecule has 1 aliphatic rings. The number of piperidine rings is 1. The zero-order valence-electron chi connectivity index (χ0n) is 13.5. The van der Waals surface area contributed by atoms with Crippen molar-refractivity contribution in [1.82, 2.24) is 10.2 Å². The van der Waals surface area contributed by atoms with E-state index >= 15 is 0 Å². The fourth-order valence-corrected chi connectivity index (χ4v) is 3.05. The molecule has 3 nitrogen and oxygen atoms in total. The fraction of sp³-hybridized carbons (Fsp3) is 0.611. The number of rotatable bonds is 5. The highest BCUT2D eigenvalue weighted by atomic mass is 16.2. The van der Waals surface area contributed by atoms with Gasteiger partial charge in [0.05, 0.1) is 0 Å². The molecule has 1 atom stereocenters. The number of hydrogen-bond acceptors (Lipinski definition) is 2. The zero-order chi connectivity index (χ0) is 15.2. The summed E-state index contributed by atoms with van der Waals surface area (Å²) in [7, 11) is 0. The molecule has 0 aromatic heterocycles. The highest BCUT2D eigenvalue weighted by Gasteiger charge is 2.25. The van der Waals surface area contributed by atoms with Gasteiger partial charge in [-0.3, -0.25) is 4.79 Å². The first-order valence-electron chi connectivity index (χ1n) is 8.21. The van der Waals surface area contributed by atoms with Crippen LogP contribution in [0.2, 0.25) is 0 Å². The van der Waals surface area contributed by atoms with E-state index in [0.717, 1.165) is 32.4 Å². The van der Waals surface area contributed by atoms with E-state index in [0.29, 0.717) is 18.0 Å². The minimum Gasteiger partial charge on any atom is -0.342 e. The summed E-state index contributed by atoms with van der Waals surface area (Å²) in [4.78, 5) is 14.0. The Kier molecular flexibility index (Phi) is 5.80. The molecule has 0 bridgehead atoms. The summed E-state index contributed by atoms with van der Waals surface area (Å²) < 4.78 is 0. The highest BCUT2D eigenvalue weighted by Crippen LogP contribution is 2.20. The van der Waals surface area contributed by atoms with Gasteiger partial charge in [-0.1, -0.05) is 51.1 Å². The van der Waals surface area contributed by atoms with Crippen LogP contribution in [-0.4, -0.2) is 29.9 Å². The Morgan fingerprint density at radius 3 is 2.38 bits per heavy atom. The standard InChI is InChI=1S/C18H28N2O/c1-4-17(15-8-6-5-7-9-15)19-16-10-12-20(13-11-16)18(21)14(2)3/h5-9,14,16-17,19H,4,10-13H2,1-3H3. The number of amides is 1. The van der Waals surface area contributed by atoms with Crippen molar-refractivity contribution in [2.45, 2.75) is 52.1 Å². The van der Waals surface area contributed by atoms with Gasteiger partial charge in [0.2, 0.25) is 5.91 Å². The van der Waals surface area contributed by atoms with Crippen molar-refractivity contribution >= 4 is 5.91 Å². The molecule has 21 heavy (non-hydrogen) atoms. The molecule has 3 heteroatoms. The van der Waals surface area contributed by atoms with Crippen LogP contribution in [0.1, 0.15) is 51.6 Å². The number of nitrogens with zero attached hydrogens (tertiary/aromatic N) is 1. The molecule has 1 heterocycles. The fourth-order valence-electron chi connectivity index (χ4n) is 3.05. The molecular weight excluding hydrogens is 260 g/mol. The van der Waals surface area contributed by atoms with Crippen LogP contribution in [0.3, 0.4) is 0 Å². The first-order chi connectivity index (χ1) is 10.1. The number of hydrogen-bond donors (Lipinski definition) is 1. The van der Waals surface area contributed by atoms with Gasteiger partial charge >= 0.3 is 0 Å². The summed E-state index contributed by atoms with van der Waals surface area (Å²) in [5, 5.41) is 3.77. The third-order valence-corrected chi connectivity index (χ3v) is 4.35. The van der Waals surface area contributed by atoms with Gasteiger partial charge in [0.1, 0.15) is 0 Å². The van der Waals surface area contributed by atoms with Crippen molar-refractivity contribution in [2.75, 3.05) is 13.1 Å². The second-order valence-corrected chi connectivity index (χ2v) is 6.29. The summed E-state index contributed by atoms with van der Waals surface area (Å²) in [6.45, 7) is 7.96. The maximum atomic E-state index is 12.0. The van der Waals surface area contributed by atoms with Crippen LogP contribution in [-0.2, 0) is 4.79 Å². The number of carbonyl (C=O) groups is 1. The van der Waals surface area contributed by atoms with Crippen molar-refractivity contribution < 1.29 is 4.79 Å². The molecule has 1 saturated heterocycles. The SMILES string of the molecule is CCC(NC1CCN(C(=O)C(C)C)CC1)c1ccccc1. The Morgan fingerprint density at radius 1 is 1.24 bits per heavy atom. The molecule has 0 spiro atoms. The topological polar surface area (TPSA) is 32.3 Å². The minimum absolute atomic E-state index is 0.113. The van der Waals surface area contributed by atoms with E-state index in [1.54, 1.807) is 0 Å². The van der Waals surface area contributed by atoms with Crippen LogP contribution in [0.15, 0.2) is 30.3 Å². The van der Waals surface area contributed by atoms with E-state index < -0.39 is 0 Å². The maximum absolute atomic E-state index is 12.0. The van der Waals surface area contributed by atoms with E-state index in [1.165, 1.54) is 5.56 Å². The summed E-state index contributed by atoms with van der Waals surface area (Å²) in [6, 6.07) is 11.6. The van der Waals surface area contributed by atoms with Crippen LogP contribution >= 0.6 is 0 Å². The Bertz CT molecular complexity index is 436. The lowest BCUT2D eigenvalue weighted by atomic mass is 9.98. The van der Waals surface area contributed by atoms with Crippen molar-refractivity contribution in [3.8, 4) is 0 Å². The molecule has 1 aromatic rings. The Balaban J connectivity index is 1.86. The van der Waals surface area contributed by atoms with Crippen molar-refractivity contribution in [3.63, 3.8) is 0 Å². The van der Waals surface area contributed by atoms with Crippen LogP contribution in [0.25, 0.3) is 0 Å². The van der Waals surface area contributed by atoms with Crippen LogP contribution in [0.4, 0.5) is 0 Å². The van der Waals surface area contributed by atoms with Crippen LogP contribution in [0.5, 0.6) is 0 Å². The molecule has 0 saturated carbocycles. The summed E-state index contributed by atoms with van der Waals surface area (Å²) >= 11 is 0. The van der Waals surface area contributed by atoms with Crippen molar-refractivity contribution in [3.05, 3.63) is 35.9 Å². The Labute approximate surface area is 128 Å². The van der Waals surface area contributed by atoms with E-state index in [2.05, 4.69) is 42.6 Å². The van der Waals surface area contributed by atoms with Gasteiger partial charge in [0, 0.05) is 31.1 Å². The monoisotopic (exact) mass is 288 g/mol. The minimum atomic E-state index is 0.113. The van der Waals surface area contributed by atoms with Crippen molar-refractivity contribution in [1.29, 1.82) is 0 Å². The molecule has 2 rings (SSSR count). The summed E-state index contributed by atoms with van der Waals surface area (Å²) in [6.07, 6.45) is 3.21. The van der Waals surface area contributed by atoms with Gasteiger partial charge in [-0.2, -0.15) is 0 Å². The quantitative estimate of drug-likeness (QED) is 0.901. The highest BCUT2D eigenvalue weighted by molar-refractivity contribution is 5.78. The largest absolute Gasteiger partial charge is 0.342 e. The zero-order valence-corrected chi connectivity index (χ0v) is 13.5. The predicted octanol–water partition coefficient (Wildman–Crippen LogP) is 3.37. The molecule has 1 fully saturated rings. The molecule has 1 unspecified atom stereocenters. The van der Waals surface area contributed by atoms with Gasteiger partial charge in [-0.25, -0.2) is 0 Å². The van der Waals surface area contributed by atoms with Gasteiger partial charge in [0.25, 0.3) is 0 Å². The number of benzene rings is 1. The Morgan fingerprint density at radius 2 is 1.86 bits per heavy atom. The van der Waals surface area contributed by atoms with E-state index in [9.17, 15) is 4.79 Å². The molecule has 1 N–H and O–H groups in total. The van der Waals surface area contributed by atoms with Gasteiger partial charge in [-0.05, 0) is 24.8 Å². The number of carbonyl (C=O) groups excluding carboxylic acids is 1. The molecule has 1 amide bonds. The normalized spacial score (nSPS) is 18.0. The number of likely N-dealkylation sites (tertiary alicyclic amines) is 1. The molecule has 116 valence electrons. The van der Waals surface area contributed by atoms with E-state index in [4.69, 9.17) is 0 Å². The molecule has 1 aliphatic heterocycles. The van der Waals surface area contributed by atoms with E-state index in [-0.39, 0.29) is 5.92 Å². The lowest BCUT2D eigenvalue weighted by molar-refractivity contribution is -0.135. The lowest BCUT2D eigenvalue weighted by Gasteiger charge is -2.35. The van der Waals surface area contributed by atoms with Gasteiger partial charge in [0.15, 0.2) is 0 Å². The summed E-state index contributed by atoms with van der Waals surface area (Å²) in [5.41, 5.74) is 1.36. The van der Waals surface area contributed by atoms with Gasteiger partial charge in [-0.15, -0.1) is 0 Å². The molecule has 0 aliphatic carbocycles. The van der Waals surface area contributed by atoms with Gasteiger partial charge < -0.3 is 10.2 Å².